The summed E-state index contributed by atoms with van der Waals surface area (Å²) in [7, 11) is 0. The van der Waals surface area contributed by atoms with Crippen molar-refractivity contribution in [1.82, 2.24) is 10.3 Å². The highest BCUT2D eigenvalue weighted by Gasteiger charge is 2.15. The molecule has 0 aromatic carbocycles. The van der Waals surface area contributed by atoms with Gasteiger partial charge in [0.1, 0.15) is 0 Å². The van der Waals surface area contributed by atoms with Crippen LogP contribution in [0.15, 0.2) is 4.99 Å². The number of unbranched alkanes of at least 4 members (excludes halogenated alkanes) is 1. The predicted octanol–water partition coefficient (Wildman–Crippen LogP) is 2.11. The summed E-state index contributed by atoms with van der Waals surface area (Å²) in [6, 6.07) is 0.735. The van der Waals surface area contributed by atoms with E-state index in [0.717, 1.165) is 18.9 Å². The van der Waals surface area contributed by atoms with Crippen LogP contribution in [0.5, 0.6) is 0 Å². The van der Waals surface area contributed by atoms with Crippen LogP contribution < -0.4 is 11.3 Å². The lowest BCUT2D eigenvalue weighted by atomic mass is 10.2. The molecule has 4 nitrogen and oxygen atoms in total. The van der Waals surface area contributed by atoms with Crippen LogP contribution in [0.4, 0.5) is 0 Å². The molecule has 0 aliphatic heterocycles. The number of nitrogens with zero attached hydrogens (tertiary/aromatic N) is 2. The van der Waals surface area contributed by atoms with Crippen LogP contribution in [-0.4, -0.2) is 29.5 Å². The van der Waals surface area contributed by atoms with Crippen LogP contribution in [0.25, 0.3) is 0 Å². The molecule has 3 N–H and O–H groups in total. The monoisotopic (exact) mass is 228 g/mol. The molecule has 0 saturated heterocycles. The van der Waals surface area contributed by atoms with Gasteiger partial charge >= 0.3 is 0 Å². The summed E-state index contributed by atoms with van der Waals surface area (Å²) in [5, 5.41) is 0. The zero-order valence-corrected chi connectivity index (χ0v) is 11.5. The highest BCUT2D eigenvalue weighted by atomic mass is 15.4. The highest BCUT2D eigenvalue weighted by Crippen LogP contribution is 2.07. The summed E-state index contributed by atoms with van der Waals surface area (Å²) in [5.41, 5.74) is 2.73. The first-order valence-corrected chi connectivity index (χ1v) is 6.37. The molecule has 0 aliphatic rings. The summed E-state index contributed by atoms with van der Waals surface area (Å²) < 4.78 is 0. The zero-order chi connectivity index (χ0) is 12.6. The second-order valence-electron chi connectivity index (χ2n) is 4.50. The topological polar surface area (TPSA) is 53.6 Å². The standard InChI is InChI=1S/C12H28N4/c1-6-8-9-16(11(5)7-2)12(15-13)14-10(3)4/h10-11H,6-9,13H2,1-5H3,(H,14,15). The third-order valence-corrected chi connectivity index (χ3v) is 2.66. The number of hydrogen-bond acceptors (Lipinski definition) is 2. The van der Waals surface area contributed by atoms with Gasteiger partial charge in [0.05, 0.1) is 0 Å². The molecule has 0 spiro atoms. The molecule has 0 amide bonds. The summed E-state index contributed by atoms with van der Waals surface area (Å²) in [6.07, 6.45) is 3.46. The van der Waals surface area contributed by atoms with Crippen molar-refractivity contribution in [3.63, 3.8) is 0 Å². The van der Waals surface area contributed by atoms with Crippen molar-refractivity contribution >= 4 is 5.96 Å². The van der Waals surface area contributed by atoms with Crippen LogP contribution >= 0.6 is 0 Å². The average molecular weight is 228 g/mol. The Labute approximate surface area is 100 Å². The molecule has 1 atom stereocenters. The van der Waals surface area contributed by atoms with E-state index in [1.165, 1.54) is 12.8 Å². The minimum atomic E-state index is 0.263. The molecule has 0 aromatic heterocycles. The van der Waals surface area contributed by atoms with Gasteiger partial charge in [0.2, 0.25) is 5.96 Å². The maximum Gasteiger partial charge on any atom is 0.208 e. The smallest absolute Gasteiger partial charge is 0.208 e. The number of guanidine groups is 1. The van der Waals surface area contributed by atoms with Gasteiger partial charge in [-0.15, -0.1) is 0 Å². The summed E-state index contributed by atoms with van der Waals surface area (Å²) in [4.78, 5) is 6.79. The number of nitrogens with two attached hydrogens (primary N) is 1. The van der Waals surface area contributed by atoms with Crippen LogP contribution in [-0.2, 0) is 0 Å². The van der Waals surface area contributed by atoms with E-state index in [1.807, 2.05) is 0 Å². The zero-order valence-electron chi connectivity index (χ0n) is 11.5. The Hall–Kier alpha value is -0.770. The fraction of sp³-hybridized carbons (Fsp3) is 0.917. The third kappa shape index (κ3) is 5.35. The lowest BCUT2D eigenvalue weighted by Crippen LogP contribution is -2.49. The number of nitrogens with one attached hydrogen (secondary N) is 1. The van der Waals surface area contributed by atoms with Gasteiger partial charge in [0.25, 0.3) is 0 Å². The van der Waals surface area contributed by atoms with Gasteiger partial charge in [-0.2, -0.15) is 0 Å². The molecular formula is C12H28N4. The van der Waals surface area contributed by atoms with Gasteiger partial charge in [0, 0.05) is 18.6 Å². The molecule has 0 fully saturated rings. The molecule has 0 radical (unpaired) electrons. The molecule has 0 heterocycles. The molecule has 0 bridgehead atoms. The van der Waals surface area contributed by atoms with Crippen molar-refractivity contribution in [2.75, 3.05) is 6.54 Å². The Bertz CT molecular complexity index is 201. The Morgan fingerprint density at radius 1 is 1.31 bits per heavy atom. The average Bonchev–Trinajstić information content (AvgIpc) is 2.26. The Balaban J connectivity index is 4.68. The molecule has 0 saturated carbocycles. The van der Waals surface area contributed by atoms with E-state index in [1.54, 1.807) is 0 Å². The Morgan fingerprint density at radius 2 is 1.94 bits per heavy atom. The van der Waals surface area contributed by atoms with E-state index >= 15 is 0 Å². The van der Waals surface area contributed by atoms with Crippen LogP contribution in [0.2, 0.25) is 0 Å². The van der Waals surface area contributed by atoms with Crippen LogP contribution in [0.3, 0.4) is 0 Å². The molecule has 0 rings (SSSR count). The van der Waals surface area contributed by atoms with E-state index in [-0.39, 0.29) is 6.04 Å². The van der Waals surface area contributed by atoms with E-state index in [0.29, 0.717) is 6.04 Å². The Morgan fingerprint density at radius 3 is 2.31 bits per heavy atom. The van der Waals surface area contributed by atoms with Crippen molar-refractivity contribution < 1.29 is 0 Å². The number of aliphatic imine (C=N–C) groups is 1. The van der Waals surface area contributed by atoms with Crippen LogP contribution in [0.1, 0.15) is 53.9 Å². The van der Waals surface area contributed by atoms with Gasteiger partial charge in [0.15, 0.2) is 0 Å². The van der Waals surface area contributed by atoms with Crippen molar-refractivity contribution in [3.05, 3.63) is 0 Å². The lowest BCUT2D eigenvalue weighted by molar-refractivity contribution is 0.305. The first-order valence-electron chi connectivity index (χ1n) is 6.37. The molecular weight excluding hydrogens is 200 g/mol. The SMILES string of the molecule is CCCCN(C(=NC(C)C)NN)C(C)CC. The largest absolute Gasteiger partial charge is 0.339 e. The van der Waals surface area contributed by atoms with Crippen molar-refractivity contribution in [3.8, 4) is 0 Å². The third-order valence-electron chi connectivity index (χ3n) is 2.66. The molecule has 96 valence electrons. The maximum atomic E-state index is 5.56. The van der Waals surface area contributed by atoms with E-state index in [2.05, 4.69) is 49.9 Å². The minimum Gasteiger partial charge on any atom is -0.339 e. The van der Waals surface area contributed by atoms with Gasteiger partial charge < -0.3 is 4.90 Å². The normalized spacial score (nSPS) is 14.1. The summed E-state index contributed by atoms with van der Waals surface area (Å²) in [5.74, 6) is 6.38. The second-order valence-corrected chi connectivity index (χ2v) is 4.50. The quantitative estimate of drug-likeness (QED) is 0.317. The van der Waals surface area contributed by atoms with E-state index in [9.17, 15) is 0 Å². The lowest BCUT2D eigenvalue weighted by Gasteiger charge is -2.31. The van der Waals surface area contributed by atoms with Crippen molar-refractivity contribution in [2.45, 2.75) is 66.0 Å². The van der Waals surface area contributed by atoms with Gasteiger partial charge in [-0.25, -0.2) is 10.8 Å². The fourth-order valence-electron chi connectivity index (χ4n) is 1.52. The summed E-state index contributed by atoms with van der Waals surface area (Å²) >= 11 is 0. The Kier molecular flexibility index (Phi) is 7.99. The van der Waals surface area contributed by atoms with Gasteiger partial charge in [-0.3, -0.25) is 5.43 Å². The molecule has 16 heavy (non-hydrogen) atoms. The first kappa shape index (κ1) is 15.2. The van der Waals surface area contributed by atoms with Crippen LogP contribution in [0, 0.1) is 0 Å². The maximum absolute atomic E-state index is 5.56. The number of hydrazine groups is 1. The summed E-state index contributed by atoms with van der Waals surface area (Å²) in [6.45, 7) is 11.7. The van der Waals surface area contributed by atoms with Gasteiger partial charge in [-0.1, -0.05) is 20.3 Å². The van der Waals surface area contributed by atoms with Crippen molar-refractivity contribution in [2.24, 2.45) is 10.8 Å². The minimum absolute atomic E-state index is 0.263. The highest BCUT2D eigenvalue weighted by molar-refractivity contribution is 5.79. The predicted molar refractivity (Wildman–Crippen MR) is 71.3 cm³/mol. The second kappa shape index (κ2) is 8.39. The van der Waals surface area contributed by atoms with E-state index in [4.69, 9.17) is 5.84 Å². The first-order chi connectivity index (χ1) is 7.56. The fourth-order valence-corrected chi connectivity index (χ4v) is 1.52. The van der Waals surface area contributed by atoms with Crippen molar-refractivity contribution in [1.29, 1.82) is 0 Å². The molecule has 0 aromatic rings. The van der Waals surface area contributed by atoms with E-state index < -0.39 is 0 Å². The number of rotatable bonds is 6. The molecule has 4 heteroatoms. The number of hydrogen-bond donors (Lipinski definition) is 2. The molecule has 1 unspecified atom stereocenters. The van der Waals surface area contributed by atoms with Gasteiger partial charge in [-0.05, 0) is 33.6 Å². The molecule has 0 aliphatic carbocycles.